The molecule has 0 saturated carbocycles. The fourth-order valence-corrected chi connectivity index (χ4v) is 4.19. The van der Waals surface area contributed by atoms with Crippen molar-refractivity contribution >= 4 is 39.9 Å². The van der Waals surface area contributed by atoms with Gasteiger partial charge in [0.25, 0.3) is 0 Å². The first kappa shape index (κ1) is 13.0. The van der Waals surface area contributed by atoms with Gasteiger partial charge in [-0.15, -0.1) is 0 Å². The minimum Gasteiger partial charge on any atom is -0.364 e. The number of piperidine rings is 2. The molecule has 2 bridgehead atoms. The topological polar surface area (TPSA) is 29.3 Å². The van der Waals surface area contributed by atoms with Crippen molar-refractivity contribution in [3.05, 3.63) is 26.8 Å². The molecule has 2 aliphatic rings. The van der Waals surface area contributed by atoms with Crippen LogP contribution in [0, 0.1) is 3.57 Å². The second-order valence-corrected chi connectivity index (χ2v) is 7.13. The minimum atomic E-state index is 0.373. The molecule has 3 rings (SSSR count). The van der Waals surface area contributed by atoms with Crippen LogP contribution in [0.2, 0.25) is 5.02 Å². The van der Waals surface area contributed by atoms with Crippen LogP contribution in [0.3, 0.4) is 0 Å². The van der Waals surface area contributed by atoms with Crippen molar-refractivity contribution in [1.29, 1.82) is 0 Å². The second-order valence-electron chi connectivity index (χ2n) is 5.47. The third kappa shape index (κ3) is 2.37. The molecule has 1 aromatic carbocycles. The molecule has 2 aliphatic heterocycles. The van der Waals surface area contributed by atoms with E-state index in [0.717, 1.165) is 17.9 Å². The van der Waals surface area contributed by atoms with Gasteiger partial charge in [-0.05, 0) is 72.9 Å². The van der Waals surface area contributed by atoms with E-state index in [0.29, 0.717) is 18.1 Å². The van der Waals surface area contributed by atoms with Crippen LogP contribution < -0.4 is 10.6 Å². The third-order valence-electron chi connectivity index (χ3n) is 4.20. The van der Waals surface area contributed by atoms with Crippen molar-refractivity contribution in [3.8, 4) is 0 Å². The highest BCUT2D eigenvalue weighted by Gasteiger charge is 2.37. The van der Waals surface area contributed by atoms with Crippen LogP contribution in [0.1, 0.15) is 32.1 Å². The van der Waals surface area contributed by atoms with E-state index in [1.165, 1.54) is 28.5 Å². The van der Waals surface area contributed by atoms with Crippen LogP contribution in [-0.4, -0.2) is 18.1 Å². The van der Waals surface area contributed by atoms with Crippen LogP contribution in [0.25, 0.3) is 0 Å². The first-order valence-electron chi connectivity index (χ1n) is 6.64. The van der Waals surface area contributed by atoms with Crippen molar-refractivity contribution in [2.45, 2.75) is 50.2 Å². The third-order valence-corrected chi connectivity index (χ3v) is 5.19. The Kier molecular flexibility index (Phi) is 3.74. The van der Waals surface area contributed by atoms with E-state index < -0.39 is 0 Å². The summed E-state index contributed by atoms with van der Waals surface area (Å²) in [6.07, 6.45) is 6.06. The molecule has 0 spiro atoms. The zero-order valence-corrected chi connectivity index (χ0v) is 13.2. The van der Waals surface area contributed by atoms with Gasteiger partial charge in [-0.3, -0.25) is 0 Å². The van der Waals surface area contributed by atoms with Gasteiger partial charge in [0.2, 0.25) is 0 Å². The average molecular weight is 377 g/mol. The molecule has 2 heterocycles. The molecule has 2 saturated heterocycles. The van der Waals surface area contributed by atoms with Gasteiger partial charge in [0, 0.05) is 21.7 Å². The van der Waals surface area contributed by atoms with Gasteiger partial charge < -0.3 is 10.6 Å². The van der Waals surface area contributed by atoms with Crippen molar-refractivity contribution in [2.75, 3.05) is 4.90 Å². The lowest BCUT2D eigenvalue weighted by molar-refractivity contribution is 0.271. The van der Waals surface area contributed by atoms with Crippen molar-refractivity contribution in [2.24, 2.45) is 5.73 Å². The lowest BCUT2D eigenvalue weighted by Crippen LogP contribution is -2.55. The highest BCUT2D eigenvalue weighted by Crippen LogP contribution is 2.40. The van der Waals surface area contributed by atoms with E-state index in [9.17, 15) is 0 Å². The lowest BCUT2D eigenvalue weighted by atomic mass is 9.81. The SMILES string of the molecule is NC1CC2CCCC(C1)N2c1cc(I)ccc1Cl. The summed E-state index contributed by atoms with van der Waals surface area (Å²) in [5.74, 6) is 0. The molecule has 18 heavy (non-hydrogen) atoms. The van der Waals surface area contributed by atoms with Crippen LogP contribution in [0.4, 0.5) is 5.69 Å². The molecular weight excluding hydrogens is 359 g/mol. The predicted octanol–water partition coefficient (Wildman–Crippen LogP) is 3.79. The summed E-state index contributed by atoms with van der Waals surface area (Å²) in [5, 5.41) is 0.878. The zero-order valence-electron chi connectivity index (χ0n) is 10.3. The summed E-state index contributed by atoms with van der Waals surface area (Å²) in [6, 6.07) is 7.84. The highest BCUT2D eigenvalue weighted by molar-refractivity contribution is 14.1. The average Bonchev–Trinajstić information content (AvgIpc) is 2.31. The minimum absolute atomic E-state index is 0.373. The summed E-state index contributed by atoms with van der Waals surface area (Å²) in [7, 11) is 0. The van der Waals surface area contributed by atoms with E-state index in [4.69, 9.17) is 17.3 Å². The Balaban J connectivity index is 1.97. The quantitative estimate of drug-likeness (QED) is 0.756. The fourth-order valence-electron chi connectivity index (χ4n) is 3.50. The molecule has 1 aromatic rings. The van der Waals surface area contributed by atoms with Gasteiger partial charge in [-0.25, -0.2) is 0 Å². The second kappa shape index (κ2) is 5.17. The first-order chi connectivity index (χ1) is 8.65. The van der Waals surface area contributed by atoms with Crippen molar-refractivity contribution < 1.29 is 0 Å². The standard InChI is InChI=1S/C14H18ClIN2/c15-13-5-4-9(16)6-14(13)18-11-2-1-3-12(18)8-10(17)7-11/h4-6,10-12H,1-3,7-8,17H2. The number of hydrogen-bond donors (Lipinski definition) is 1. The van der Waals surface area contributed by atoms with Crippen LogP contribution in [0.5, 0.6) is 0 Å². The fraction of sp³-hybridized carbons (Fsp3) is 0.571. The molecule has 0 aromatic heterocycles. The molecule has 2 N–H and O–H groups in total. The lowest BCUT2D eigenvalue weighted by Gasteiger charge is -2.50. The van der Waals surface area contributed by atoms with Crippen molar-refractivity contribution in [1.82, 2.24) is 0 Å². The summed E-state index contributed by atoms with van der Waals surface area (Å²) in [5.41, 5.74) is 7.39. The van der Waals surface area contributed by atoms with Gasteiger partial charge in [0.15, 0.2) is 0 Å². The summed E-state index contributed by atoms with van der Waals surface area (Å²) >= 11 is 8.76. The largest absolute Gasteiger partial charge is 0.364 e. The predicted molar refractivity (Wildman–Crippen MR) is 85.3 cm³/mol. The van der Waals surface area contributed by atoms with Crippen LogP contribution in [-0.2, 0) is 0 Å². The Morgan fingerprint density at radius 3 is 2.56 bits per heavy atom. The number of nitrogens with two attached hydrogens (primary N) is 1. The van der Waals surface area contributed by atoms with Crippen molar-refractivity contribution in [3.63, 3.8) is 0 Å². The molecule has 98 valence electrons. The van der Waals surface area contributed by atoms with Gasteiger partial charge in [-0.2, -0.15) is 0 Å². The summed E-state index contributed by atoms with van der Waals surface area (Å²) in [4.78, 5) is 2.55. The molecule has 0 radical (unpaired) electrons. The molecule has 2 unspecified atom stereocenters. The number of anilines is 1. The van der Waals surface area contributed by atoms with Gasteiger partial charge in [0.1, 0.15) is 0 Å². The number of hydrogen-bond acceptors (Lipinski definition) is 2. The molecular formula is C14H18ClIN2. The maximum atomic E-state index is 6.40. The van der Waals surface area contributed by atoms with E-state index in [2.05, 4.69) is 39.6 Å². The molecule has 4 heteroatoms. The number of fused-ring (bicyclic) bond motifs is 2. The van der Waals surface area contributed by atoms with Crippen LogP contribution in [0.15, 0.2) is 18.2 Å². The monoisotopic (exact) mass is 376 g/mol. The van der Waals surface area contributed by atoms with Gasteiger partial charge in [0.05, 0.1) is 10.7 Å². The number of halogens is 2. The Labute approximate surface area is 127 Å². The normalized spacial score (nSPS) is 31.5. The van der Waals surface area contributed by atoms with Gasteiger partial charge >= 0.3 is 0 Å². The number of nitrogens with zero attached hydrogens (tertiary/aromatic N) is 1. The maximum Gasteiger partial charge on any atom is 0.0640 e. The maximum absolute atomic E-state index is 6.40. The number of benzene rings is 1. The molecule has 2 atom stereocenters. The first-order valence-corrected chi connectivity index (χ1v) is 8.10. The van der Waals surface area contributed by atoms with E-state index in [-0.39, 0.29) is 0 Å². The molecule has 0 amide bonds. The molecule has 2 fully saturated rings. The highest BCUT2D eigenvalue weighted by atomic mass is 127. The molecule has 2 nitrogen and oxygen atoms in total. The van der Waals surface area contributed by atoms with E-state index in [1.807, 2.05) is 6.07 Å². The Hall–Kier alpha value is -0.0000000000000000555. The Morgan fingerprint density at radius 1 is 1.22 bits per heavy atom. The zero-order chi connectivity index (χ0) is 12.7. The summed E-state index contributed by atoms with van der Waals surface area (Å²) < 4.78 is 1.25. The molecule has 0 aliphatic carbocycles. The van der Waals surface area contributed by atoms with E-state index in [1.54, 1.807) is 0 Å². The van der Waals surface area contributed by atoms with Gasteiger partial charge in [-0.1, -0.05) is 11.6 Å². The Bertz CT molecular complexity index is 437. The van der Waals surface area contributed by atoms with Crippen LogP contribution >= 0.6 is 34.2 Å². The summed E-state index contributed by atoms with van der Waals surface area (Å²) in [6.45, 7) is 0. The van der Waals surface area contributed by atoms with E-state index >= 15 is 0 Å². The Morgan fingerprint density at radius 2 is 1.89 bits per heavy atom. The smallest absolute Gasteiger partial charge is 0.0640 e. The number of rotatable bonds is 1.